The number of alkyl carbamates (subject to hydrolysis) is 1. The minimum atomic E-state index is -2.34. The Morgan fingerprint density at radius 1 is 0.896 bits per heavy atom. The number of ketones is 1. The molecule has 0 radical (unpaired) electrons. The highest BCUT2D eigenvalue weighted by molar-refractivity contribution is 8.29. The first kappa shape index (κ1) is 53.6. The van der Waals surface area contributed by atoms with Gasteiger partial charge in [0.05, 0.1) is 35.6 Å². The van der Waals surface area contributed by atoms with E-state index in [0.29, 0.717) is 5.56 Å². The third-order valence-electron chi connectivity index (χ3n) is 14.4. The summed E-state index contributed by atoms with van der Waals surface area (Å²) in [6.45, 7) is 22.1. The zero-order chi connectivity index (χ0) is 50.5. The van der Waals surface area contributed by atoms with Gasteiger partial charge < -0.3 is 48.5 Å². The SMILES string of the molecule is CC.CC(=O)O[C@@]12COC1CC(O)[C@@]1(C)C(=O)C(O)C3=C(C)[C@@H](OC(=O)[C@H](OS(C)(C)C(C)(C)C)[C@@H](NC(=O)OC(C)(C)C)c4ccccc4)CC(O)([C@@H](OC(=O)c4ccccc4)C21)C3(C)C. The zero-order valence-electron chi connectivity index (χ0n) is 41.8. The van der Waals surface area contributed by atoms with Crippen LogP contribution in [0.4, 0.5) is 4.79 Å². The van der Waals surface area contributed by atoms with Gasteiger partial charge in [-0.1, -0.05) is 97.0 Å². The van der Waals surface area contributed by atoms with E-state index in [1.165, 1.54) is 26.0 Å². The van der Waals surface area contributed by atoms with E-state index in [2.05, 4.69) is 5.32 Å². The molecule has 4 N–H and O–H groups in total. The van der Waals surface area contributed by atoms with Crippen LogP contribution < -0.4 is 5.32 Å². The van der Waals surface area contributed by atoms with Crippen molar-refractivity contribution in [3.63, 3.8) is 0 Å². The molecule has 0 spiro atoms. The van der Waals surface area contributed by atoms with Crippen molar-refractivity contribution in [3.8, 4) is 0 Å². The average Bonchev–Trinajstić information content (AvgIpc) is 3.23. The van der Waals surface area contributed by atoms with Gasteiger partial charge in [0.15, 0.2) is 17.5 Å². The molecular weight excluding hydrogens is 883 g/mol. The molecule has 16 heteroatoms. The molecule has 1 amide bonds. The molecule has 6 rings (SSSR count). The summed E-state index contributed by atoms with van der Waals surface area (Å²) in [4.78, 5) is 71.4. The number of fused-ring (bicyclic) bond motifs is 5. The van der Waals surface area contributed by atoms with Gasteiger partial charge in [-0.3, -0.25) is 9.59 Å². The van der Waals surface area contributed by atoms with Crippen LogP contribution in [-0.4, -0.2) is 122 Å². The number of Topliss-reactive ketones (excluding diaryl/α,β-unsaturated/α-hetero) is 1. The van der Waals surface area contributed by atoms with Crippen molar-refractivity contribution in [1.82, 2.24) is 5.32 Å². The summed E-state index contributed by atoms with van der Waals surface area (Å²) in [7, 11) is -2.16. The van der Waals surface area contributed by atoms with Crippen LogP contribution in [0.3, 0.4) is 0 Å². The minimum absolute atomic E-state index is 0.0141. The summed E-state index contributed by atoms with van der Waals surface area (Å²) < 4.78 is 36.9. The van der Waals surface area contributed by atoms with Crippen LogP contribution in [0, 0.1) is 16.7 Å². The van der Waals surface area contributed by atoms with E-state index in [1.807, 2.05) is 47.1 Å². The fourth-order valence-corrected chi connectivity index (χ4v) is 11.0. The Morgan fingerprint density at radius 3 is 1.97 bits per heavy atom. The molecule has 2 aromatic rings. The number of nitrogens with one attached hydrogen (secondary N) is 1. The van der Waals surface area contributed by atoms with Gasteiger partial charge in [0.1, 0.15) is 35.6 Å². The number of esters is 3. The summed E-state index contributed by atoms with van der Waals surface area (Å²) in [6.07, 6.45) is -6.93. The first-order chi connectivity index (χ1) is 30.9. The molecule has 15 nitrogen and oxygen atoms in total. The molecule has 372 valence electrons. The van der Waals surface area contributed by atoms with E-state index in [0.717, 1.165) is 0 Å². The quantitative estimate of drug-likeness (QED) is 0.106. The van der Waals surface area contributed by atoms with Crippen molar-refractivity contribution in [2.75, 3.05) is 19.1 Å². The highest BCUT2D eigenvalue weighted by Gasteiger charge is 2.78. The highest BCUT2D eigenvalue weighted by Crippen LogP contribution is 2.64. The van der Waals surface area contributed by atoms with Gasteiger partial charge in [0.25, 0.3) is 0 Å². The van der Waals surface area contributed by atoms with Gasteiger partial charge in [0, 0.05) is 29.9 Å². The smallest absolute Gasteiger partial charge is 0.408 e. The summed E-state index contributed by atoms with van der Waals surface area (Å²) in [5.74, 6) is -5.00. The normalized spacial score (nSPS) is 31.3. The summed E-state index contributed by atoms with van der Waals surface area (Å²) in [6, 6.07) is 15.5. The monoisotopic (exact) mass is 955 g/mol. The standard InChI is InChI=1S/C49H67NO14S.C2H6/c1-27-31(60-42(56)37(64-65(12,13)45(6,7)8)35(29-20-16-14-17-21-29)50-43(57)63-44(3,4)5)25-49(58)40(61-41(55)30-22-18-15-19-23-30)38-47(11,39(54)36(53)34(27)46(49,9)10)32(52)24-33-48(38,26-59-33)62-28(2)51;1-2/h14-23,31-33,35-38,40,52-53,58H,24-26H2,1-13H3,(H,50,57);1-2H3/t31-,32?,33?,35-,36?,37+,38?,40-,47+,48-,49?;/m0./s1. The molecule has 5 unspecified atom stereocenters. The van der Waals surface area contributed by atoms with E-state index in [-0.39, 0.29) is 29.7 Å². The number of aliphatic hydroxyl groups is 3. The second-order valence-electron chi connectivity index (χ2n) is 21.0. The Labute approximate surface area is 397 Å². The van der Waals surface area contributed by atoms with Gasteiger partial charge in [-0.2, -0.15) is 0 Å². The lowest BCUT2D eigenvalue weighted by atomic mass is 9.44. The molecule has 3 fully saturated rings. The zero-order valence-corrected chi connectivity index (χ0v) is 42.6. The Kier molecular flexibility index (Phi) is 15.4. The summed E-state index contributed by atoms with van der Waals surface area (Å²) in [5, 5.41) is 41.1. The first-order valence-electron chi connectivity index (χ1n) is 23.0. The maximum atomic E-state index is 15.2. The van der Waals surface area contributed by atoms with Gasteiger partial charge in [-0.05, 0) is 76.0 Å². The van der Waals surface area contributed by atoms with Crippen LogP contribution in [0.1, 0.15) is 125 Å². The first-order valence-corrected chi connectivity index (χ1v) is 25.4. The molecule has 1 saturated heterocycles. The molecular formula is C51H73NO14S. The van der Waals surface area contributed by atoms with Crippen molar-refractivity contribution in [2.45, 2.75) is 167 Å². The predicted molar refractivity (Wildman–Crippen MR) is 253 cm³/mol. The van der Waals surface area contributed by atoms with Crippen molar-refractivity contribution in [2.24, 2.45) is 16.7 Å². The van der Waals surface area contributed by atoms with E-state index < -0.39 is 127 Å². The molecule has 2 aromatic carbocycles. The van der Waals surface area contributed by atoms with Gasteiger partial charge in [-0.25, -0.2) is 14.4 Å². The van der Waals surface area contributed by atoms with Gasteiger partial charge in [-0.15, -0.1) is 10.3 Å². The predicted octanol–water partition coefficient (Wildman–Crippen LogP) is 7.09. The van der Waals surface area contributed by atoms with Crippen LogP contribution in [-0.2, 0) is 42.3 Å². The van der Waals surface area contributed by atoms with Gasteiger partial charge in [0.2, 0.25) is 0 Å². The number of rotatable bonds is 10. The van der Waals surface area contributed by atoms with Crippen LogP contribution >= 0.6 is 10.3 Å². The second kappa shape index (κ2) is 19.2. The maximum absolute atomic E-state index is 15.2. The molecule has 1 heterocycles. The number of benzene rings is 2. The van der Waals surface area contributed by atoms with Crippen LogP contribution in [0.25, 0.3) is 0 Å². The van der Waals surface area contributed by atoms with E-state index >= 15 is 9.59 Å². The number of amides is 1. The van der Waals surface area contributed by atoms with Crippen molar-refractivity contribution < 1.29 is 67.2 Å². The number of ether oxygens (including phenoxy) is 5. The molecule has 11 atom stereocenters. The summed E-state index contributed by atoms with van der Waals surface area (Å²) >= 11 is 0. The third kappa shape index (κ3) is 9.81. The minimum Gasteiger partial charge on any atom is -0.456 e. The molecule has 0 aromatic heterocycles. The molecule has 67 heavy (non-hydrogen) atoms. The lowest BCUT2D eigenvalue weighted by Gasteiger charge is -2.67. The number of hydrogen-bond donors (Lipinski definition) is 4. The fourth-order valence-electron chi connectivity index (χ4n) is 10.0. The fraction of sp³-hybridized carbons (Fsp3) is 0.627. The lowest BCUT2D eigenvalue weighted by molar-refractivity contribution is -0.346. The van der Waals surface area contributed by atoms with Gasteiger partial charge >= 0.3 is 24.0 Å². The molecule has 1 aliphatic heterocycles. The average molecular weight is 956 g/mol. The number of carbonyl (C=O) groups is 5. The largest absolute Gasteiger partial charge is 0.456 e. The second-order valence-corrected chi connectivity index (χ2v) is 24.9. The Balaban J connectivity index is 0.00000414. The topological polar surface area (TPSA) is 213 Å². The van der Waals surface area contributed by atoms with E-state index in [1.54, 1.807) is 90.1 Å². The third-order valence-corrected chi connectivity index (χ3v) is 18.0. The van der Waals surface area contributed by atoms with Crippen molar-refractivity contribution in [3.05, 3.63) is 82.9 Å². The molecule has 3 aliphatic carbocycles. The summed E-state index contributed by atoms with van der Waals surface area (Å²) in [5.41, 5.74) is -7.79. The maximum Gasteiger partial charge on any atom is 0.408 e. The van der Waals surface area contributed by atoms with Crippen LogP contribution in [0.5, 0.6) is 0 Å². The molecule has 4 aliphatic rings. The Hall–Kier alpha value is -4.32. The Bertz CT molecular complexity index is 2200. The van der Waals surface area contributed by atoms with Crippen molar-refractivity contribution >= 4 is 40.1 Å². The molecule has 2 saturated carbocycles. The van der Waals surface area contributed by atoms with Crippen LogP contribution in [0.2, 0.25) is 0 Å². The number of aliphatic hydroxyl groups excluding tert-OH is 2. The number of hydrogen-bond acceptors (Lipinski definition) is 14. The lowest BCUT2D eigenvalue weighted by Crippen LogP contribution is -2.81. The highest BCUT2D eigenvalue weighted by atomic mass is 32.3. The van der Waals surface area contributed by atoms with Crippen LogP contribution in [0.15, 0.2) is 71.8 Å². The Morgan fingerprint density at radius 2 is 1.46 bits per heavy atom. The van der Waals surface area contributed by atoms with Crippen molar-refractivity contribution in [1.29, 1.82) is 0 Å². The van der Waals surface area contributed by atoms with E-state index in [9.17, 15) is 29.7 Å². The molecule has 2 bridgehead atoms. The number of carbonyl (C=O) groups excluding carboxylic acids is 5. The van der Waals surface area contributed by atoms with E-state index in [4.69, 9.17) is 27.9 Å².